The molecule has 0 spiro atoms. The number of aliphatic carboxylic acids is 1. The summed E-state index contributed by atoms with van der Waals surface area (Å²) in [7, 11) is 0. The van der Waals surface area contributed by atoms with Crippen molar-refractivity contribution >= 4 is 5.97 Å². The Hall–Kier alpha value is -0.820. The van der Waals surface area contributed by atoms with E-state index in [-0.39, 0.29) is 12.5 Å². The lowest BCUT2D eigenvalue weighted by Crippen LogP contribution is -2.54. The molecule has 0 aromatic rings. The Bertz CT molecular complexity index is 359. The second-order valence-electron chi connectivity index (χ2n) is 6.14. The Morgan fingerprint density at radius 1 is 1.43 bits per heavy atom. The molecule has 7 heteroatoms. The fourth-order valence-electron chi connectivity index (χ4n) is 2.60. The van der Waals surface area contributed by atoms with Gasteiger partial charge in [0.25, 0.3) is 0 Å². The maximum absolute atomic E-state index is 12.7. The Balaban J connectivity index is 2.73. The van der Waals surface area contributed by atoms with Crippen molar-refractivity contribution in [2.24, 2.45) is 0 Å². The molecule has 0 aliphatic heterocycles. The molecule has 2 unspecified atom stereocenters. The lowest BCUT2D eigenvalue weighted by Gasteiger charge is -2.36. The number of carboxylic acid groups (broad SMARTS) is 1. The summed E-state index contributed by atoms with van der Waals surface area (Å²) in [6, 6.07) is -0.504. The summed E-state index contributed by atoms with van der Waals surface area (Å²) >= 11 is 0. The van der Waals surface area contributed by atoms with Crippen molar-refractivity contribution in [3.05, 3.63) is 0 Å². The van der Waals surface area contributed by atoms with Crippen molar-refractivity contribution in [3.8, 4) is 0 Å². The minimum Gasteiger partial charge on any atom is -0.480 e. The number of carbonyl (C=O) groups is 1. The molecule has 1 rings (SSSR count). The number of nitrogens with zero attached hydrogens (tertiary/aromatic N) is 1. The summed E-state index contributed by atoms with van der Waals surface area (Å²) in [6.45, 7) is 4.69. The van der Waals surface area contributed by atoms with E-state index >= 15 is 0 Å². The highest BCUT2D eigenvalue weighted by molar-refractivity contribution is 5.78. The monoisotopic (exact) mass is 310 g/mol. The predicted molar refractivity (Wildman–Crippen MR) is 74.2 cm³/mol. The van der Waals surface area contributed by atoms with Crippen LogP contribution in [0.3, 0.4) is 0 Å². The fourth-order valence-corrected chi connectivity index (χ4v) is 2.60. The van der Waals surface area contributed by atoms with E-state index in [1.54, 1.807) is 13.8 Å². The first-order valence-corrected chi connectivity index (χ1v) is 7.40. The molecule has 21 heavy (non-hydrogen) atoms. The lowest BCUT2D eigenvalue weighted by molar-refractivity contribution is -0.154. The van der Waals surface area contributed by atoms with Gasteiger partial charge in [0.1, 0.15) is 5.54 Å². The zero-order valence-corrected chi connectivity index (χ0v) is 12.8. The summed E-state index contributed by atoms with van der Waals surface area (Å²) < 4.78 is 38.0. The Labute approximate surface area is 123 Å². The van der Waals surface area contributed by atoms with Crippen LogP contribution in [0.4, 0.5) is 13.2 Å². The SMILES string of the molecule is CCCNC(C)(CC(C)N(CC(F)(F)F)C1CC1)C(=O)O. The maximum atomic E-state index is 12.7. The predicted octanol–water partition coefficient (Wildman–Crippen LogP) is 2.63. The van der Waals surface area contributed by atoms with E-state index in [9.17, 15) is 23.1 Å². The molecular weight excluding hydrogens is 285 g/mol. The second kappa shape index (κ2) is 6.96. The van der Waals surface area contributed by atoms with Crippen LogP contribution in [-0.4, -0.2) is 52.9 Å². The van der Waals surface area contributed by atoms with E-state index in [2.05, 4.69) is 5.32 Å². The Morgan fingerprint density at radius 3 is 2.38 bits per heavy atom. The Kier molecular flexibility index (Phi) is 6.04. The van der Waals surface area contributed by atoms with Gasteiger partial charge in [-0.1, -0.05) is 6.92 Å². The van der Waals surface area contributed by atoms with Crippen LogP contribution in [0.5, 0.6) is 0 Å². The Morgan fingerprint density at radius 2 is 2.00 bits per heavy atom. The summed E-state index contributed by atoms with van der Waals surface area (Å²) in [5.41, 5.74) is -1.20. The van der Waals surface area contributed by atoms with Gasteiger partial charge in [-0.05, 0) is 46.1 Å². The van der Waals surface area contributed by atoms with Crippen LogP contribution in [0.15, 0.2) is 0 Å². The molecule has 2 atom stereocenters. The van der Waals surface area contributed by atoms with Crippen LogP contribution in [0.1, 0.15) is 46.5 Å². The third-order valence-corrected chi connectivity index (χ3v) is 3.88. The quantitative estimate of drug-likeness (QED) is 0.687. The number of nitrogens with one attached hydrogen (secondary N) is 1. The number of alkyl halides is 3. The van der Waals surface area contributed by atoms with Gasteiger partial charge in [0.2, 0.25) is 0 Å². The lowest BCUT2D eigenvalue weighted by atomic mass is 9.92. The van der Waals surface area contributed by atoms with E-state index in [1.165, 1.54) is 4.90 Å². The van der Waals surface area contributed by atoms with E-state index in [0.717, 1.165) is 19.3 Å². The zero-order valence-electron chi connectivity index (χ0n) is 12.8. The van der Waals surface area contributed by atoms with E-state index < -0.39 is 30.3 Å². The van der Waals surface area contributed by atoms with Gasteiger partial charge in [-0.2, -0.15) is 13.2 Å². The largest absolute Gasteiger partial charge is 0.480 e. The topological polar surface area (TPSA) is 52.6 Å². The first-order valence-electron chi connectivity index (χ1n) is 7.40. The highest BCUT2D eigenvalue weighted by Crippen LogP contribution is 2.33. The van der Waals surface area contributed by atoms with Crippen LogP contribution in [0, 0.1) is 0 Å². The van der Waals surface area contributed by atoms with E-state index in [1.807, 2.05) is 6.92 Å². The molecule has 1 aliphatic rings. The van der Waals surface area contributed by atoms with Crippen molar-refractivity contribution in [2.45, 2.75) is 70.3 Å². The summed E-state index contributed by atoms with van der Waals surface area (Å²) in [6.07, 6.45) is -1.83. The minimum absolute atomic E-state index is 0.0640. The zero-order chi connectivity index (χ0) is 16.3. The molecule has 0 amide bonds. The van der Waals surface area contributed by atoms with E-state index in [0.29, 0.717) is 6.54 Å². The molecule has 0 aromatic carbocycles. The van der Waals surface area contributed by atoms with Crippen LogP contribution in [0.2, 0.25) is 0 Å². The average molecular weight is 310 g/mol. The van der Waals surface area contributed by atoms with Crippen molar-refractivity contribution in [2.75, 3.05) is 13.1 Å². The fraction of sp³-hybridized carbons (Fsp3) is 0.929. The molecule has 1 fully saturated rings. The molecule has 0 bridgehead atoms. The molecule has 0 radical (unpaired) electrons. The first-order chi connectivity index (χ1) is 9.59. The summed E-state index contributed by atoms with van der Waals surface area (Å²) in [5, 5.41) is 12.3. The molecule has 4 nitrogen and oxygen atoms in total. The van der Waals surface area contributed by atoms with Crippen molar-refractivity contribution in [1.82, 2.24) is 10.2 Å². The molecule has 1 saturated carbocycles. The van der Waals surface area contributed by atoms with E-state index in [4.69, 9.17) is 0 Å². The van der Waals surface area contributed by atoms with Crippen molar-refractivity contribution in [1.29, 1.82) is 0 Å². The molecular formula is C14H25F3N2O2. The second-order valence-corrected chi connectivity index (χ2v) is 6.14. The smallest absolute Gasteiger partial charge is 0.401 e. The van der Waals surface area contributed by atoms with Crippen molar-refractivity contribution < 1.29 is 23.1 Å². The molecule has 0 aromatic heterocycles. The normalized spacial score (nSPS) is 20.3. The number of hydrogen-bond donors (Lipinski definition) is 2. The number of rotatable bonds is 9. The van der Waals surface area contributed by atoms with Crippen LogP contribution in [-0.2, 0) is 4.79 Å². The molecule has 0 heterocycles. The van der Waals surface area contributed by atoms with Gasteiger partial charge in [0.15, 0.2) is 0 Å². The van der Waals surface area contributed by atoms with Crippen LogP contribution in [0.25, 0.3) is 0 Å². The highest BCUT2D eigenvalue weighted by atomic mass is 19.4. The van der Waals surface area contributed by atoms with Crippen molar-refractivity contribution in [3.63, 3.8) is 0 Å². The number of carboxylic acids is 1. The molecule has 0 saturated heterocycles. The maximum Gasteiger partial charge on any atom is 0.401 e. The number of hydrogen-bond acceptors (Lipinski definition) is 3. The van der Waals surface area contributed by atoms with Gasteiger partial charge >= 0.3 is 12.1 Å². The van der Waals surface area contributed by atoms with Gasteiger partial charge in [-0.25, -0.2) is 0 Å². The highest BCUT2D eigenvalue weighted by Gasteiger charge is 2.43. The summed E-state index contributed by atoms with van der Waals surface area (Å²) in [5.74, 6) is -1.02. The van der Waals surface area contributed by atoms with Gasteiger partial charge in [-0.3, -0.25) is 9.69 Å². The first kappa shape index (κ1) is 18.2. The number of halogens is 3. The standard InChI is InChI=1S/C14H25F3N2O2/c1-4-7-18-13(3,12(20)21)8-10(2)19(11-5-6-11)9-14(15,16)17/h10-11,18H,4-9H2,1-3H3,(H,20,21). The molecule has 124 valence electrons. The molecule has 2 N–H and O–H groups in total. The average Bonchev–Trinajstić information content (AvgIpc) is 3.16. The summed E-state index contributed by atoms with van der Waals surface area (Å²) in [4.78, 5) is 12.9. The third-order valence-electron chi connectivity index (χ3n) is 3.88. The van der Waals surface area contributed by atoms with Gasteiger partial charge in [-0.15, -0.1) is 0 Å². The van der Waals surface area contributed by atoms with Crippen LogP contribution >= 0.6 is 0 Å². The van der Waals surface area contributed by atoms with Gasteiger partial charge in [0, 0.05) is 12.1 Å². The van der Waals surface area contributed by atoms with Crippen LogP contribution < -0.4 is 5.32 Å². The minimum atomic E-state index is -4.26. The third kappa shape index (κ3) is 5.82. The molecule has 1 aliphatic carbocycles. The van der Waals surface area contributed by atoms with Gasteiger partial charge < -0.3 is 10.4 Å². The van der Waals surface area contributed by atoms with Gasteiger partial charge in [0.05, 0.1) is 6.54 Å².